The van der Waals surface area contributed by atoms with E-state index in [0.29, 0.717) is 12.0 Å². The Hall–Kier alpha value is -0.0800. The summed E-state index contributed by atoms with van der Waals surface area (Å²) in [7, 11) is 0. The van der Waals surface area contributed by atoms with Crippen LogP contribution in [0.5, 0.6) is 0 Å². The van der Waals surface area contributed by atoms with Gasteiger partial charge in [-0.3, -0.25) is 0 Å². The zero-order valence-corrected chi connectivity index (χ0v) is 10.7. The summed E-state index contributed by atoms with van der Waals surface area (Å²) >= 11 is 0. The van der Waals surface area contributed by atoms with Crippen molar-refractivity contribution in [3.63, 3.8) is 0 Å². The number of hydrogen-bond acceptors (Lipinski definition) is 2. The first kappa shape index (κ1) is 13.0. The molecule has 0 aromatic heterocycles. The monoisotopic (exact) mass is 212 g/mol. The summed E-state index contributed by atoms with van der Waals surface area (Å²) in [6, 6.07) is 0.664. The minimum atomic E-state index is 0.632. The highest BCUT2D eigenvalue weighted by atomic mass is 15.2. The Bertz CT molecular complexity index is 162. The molecule has 2 atom stereocenters. The average molecular weight is 212 g/mol. The van der Waals surface area contributed by atoms with Gasteiger partial charge < -0.3 is 10.6 Å². The first-order valence-electron chi connectivity index (χ1n) is 6.63. The second-order valence-corrected chi connectivity index (χ2v) is 5.22. The van der Waals surface area contributed by atoms with Crippen LogP contribution in [0.4, 0.5) is 0 Å². The SMILES string of the molecule is CCCC1CCN(C(C)C(C)CN)CC1. The van der Waals surface area contributed by atoms with Gasteiger partial charge in [0.15, 0.2) is 0 Å². The van der Waals surface area contributed by atoms with Crippen LogP contribution in [-0.4, -0.2) is 30.6 Å². The Morgan fingerprint density at radius 1 is 1.27 bits per heavy atom. The third-order valence-corrected chi connectivity index (χ3v) is 4.12. The van der Waals surface area contributed by atoms with E-state index in [0.717, 1.165) is 12.5 Å². The molecule has 0 spiro atoms. The lowest BCUT2D eigenvalue weighted by Crippen LogP contribution is -2.44. The van der Waals surface area contributed by atoms with E-state index in [2.05, 4.69) is 25.7 Å². The van der Waals surface area contributed by atoms with Crippen LogP contribution in [0.3, 0.4) is 0 Å². The van der Waals surface area contributed by atoms with E-state index in [1.54, 1.807) is 0 Å². The lowest BCUT2D eigenvalue weighted by atomic mass is 9.90. The smallest absolute Gasteiger partial charge is 0.0105 e. The van der Waals surface area contributed by atoms with Crippen molar-refractivity contribution in [1.29, 1.82) is 0 Å². The molecule has 0 aliphatic carbocycles. The third kappa shape index (κ3) is 3.76. The van der Waals surface area contributed by atoms with E-state index in [1.165, 1.54) is 38.8 Å². The van der Waals surface area contributed by atoms with Crippen LogP contribution in [-0.2, 0) is 0 Å². The highest BCUT2D eigenvalue weighted by Gasteiger charge is 2.24. The molecule has 1 saturated heterocycles. The summed E-state index contributed by atoms with van der Waals surface area (Å²) in [5.74, 6) is 1.62. The predicted octanol–water partition coefficient (Wildman–Crippen LogP) is 2.48. The maximum Gasteiger partial charge on any atom is 0.0105 e. The molecule has 1 heterocycles. The Labute approximate surface area is 95.2 Å². The van der Waals surface area contributed by atoms with Crippen molar-refractivity contribution in [2.24, 2.45) is 17.6 Å². The Morgan fingerprint density at radius 3 is 2.33 bits per heavy atom. The summed E-state index contributed by atoms with van der Waals surface area (Å²) in [6.45, 7) is 10.3. The summed E-state index contributed by atoms with van der Waals surface area (Å²) in [5.41, 5.74) is 5.73. The van der Waals surface area contributed by atoms with Gasteiger partial charge in [0.1, 0.15) is 0 Å². The summed E-state index contributed by atoms with van der Waals surface area (Å²) in [6.07, 6.45) is 5.57. The molecular weight excluding hydrogens is 184 g/mol. The number of hydrogen-bond donors (Lipinski definition) is 1. The number of piperidine rings is 1. The number of rotatable bonds is 5. The molecular formula is C13H28N2. The van der Waals surface area contributed by atoms with Crippen molar-refractivity contribution >= 4 is 0 Å². The van der Waals surface area contributed by atoms with E-state index >= 15 is 0 Å². The molecule has 0 radical (unpaired) electrons. The van der Waals surface area contributed by atoms with Crippen molar-refractivity contribution in [1.82, 2.24) is 4.90 Å². The van der Waals surface area contributed by atoms with E-state index < -0.39 is 0 Å². The lowest BCUT2D eigenvalue weighted by molar-refractivity contribution is 0.109. The number of nitrogens with zero attached hydrogens (tertiary/aromatic N) is 1. The predicted molar refractivity (Wildman–Crippen MR) is 66.9 cm³/mol. The molecule has 0 saturated carbocycles. The highest BCUT2D eigenvalue weighted by molar-refractivity contribution is 4.79. The van der Waals surface area contributed by atoms with Gasteiger partial charge in [-0.15, -0.1) is 0 Å². The van der Waals surface area contributed by atoms with Crippen LogP contribution in [0.1, 0.15) is 46.5 Å². The molecule has 1 rings (SSSR count). The zero-order chi connectivity index (χ0) is 11.3. The fourth-order valence-electron chi connectivity index (χ4n) is 2.61. The molecule has 2 N–H and O–H groups in total. The molecule has 2 nitrogen and oxygen atoms in total. The van der Waals surface area contributed by atoms with Gasteiger partial charge in [-0.25, -0.2) is 0 Å². The molecule has 90 valence electrons. The Balaban J connectivity index is 2.30. The second kappa shape index (κ2) is 6.49. The summed E-state index contributed by atoms with van der Waals surface area (Å²) < 4.78 is 0. The molecule has 15 heavy (non-hydrogen) atoms. The van der Waals surface area contributed by atoms with Crippen molar-refractivity contribution in [2.75, 3.05) is 19.6 Å². The fraction of sp³-hybridized carbons (Fsp3) is 1.00. The topological polar surface area (TPSA) is 29.3 Å². The highest BCUT2D eigenvalue weighted by Crippen LogP contribution is 2.24. The molecule has 2 heteroatoms. The maximum atomic E-state index is 5.73. The second-order valence-electron chi connectivity index (χ2n) is 5.22. The largest absolute Gasteiger partial charge is 0.330 e. The average Bonchev–Trinajstić information content (AvgIpc) is 2.28. The van der Waals surface area contributed by atoms with Gasteiger partial charge in [0.05, 0.1) is 0 Å². The van der Waals surface area contributed by atoms with Crippen molar-refractivity contribution in [2.45, 2.75) is 52.5 Å². The zero-order valence-electron chi connectivity index (χ0n) is 10.7. The van der Waals surface area contributed by atoms with Gasteiger partial charge in [0.2, 0.25) is 0 Å². The van der Waals surface area contributed by atoms with Gasteiger partial charge in [0, 0.05) is 6.04 Å². The van der Waals surface area contributed by atoms with Gasteiger partial charge in [-0.2, -0.15) is 0 Å². The fourth-order valence-corrected chi connectivity index (χ4v) is 2.61. The van der Waals surface area contributed by atoms with Crippen LogP contribution >= 0.6 is 0 Å². The van der Waals surface area contributed by atoms with Crippen LogP contribution < -0.4 is 5.73 Å². The van der Waals surface area contributed by atoms with Crippen LogP contribution in [0, 0.1) is 11.8 Å². The standard InChI is InChI=1S/C13H28N2/c1-4-5-13-6-8-15(9-7-13)12(3)11(2)10-14/h11-13H,4-10,14H2,1-3H3. The van der Waals surface area contributed by atoms with Crippen molar-refractivity contribution in [3.8, 4) is 0 Å². The van der Waals surface area contributed by atoms with Crippen LogP contribution in [0.2, 0.25) is 0 Å². The molecule has 2 unspecified atom stereocenters. The number of likely N-dealkylation sites (tertiary alicyclic amines) is 1. The summed E-state index contributed by atoms with van der Waals surface area (Å²) in [5, 5.41) is 0. The van der Waals surface area contributed by atoms with E-state index in [-0.39, 0.29) is 0 Å². The molecule has 1 aliphatic rings. The van der Waals surface area contributed by atoms with Gasteiger partial charge >= 0.3 is 0 Å². The Kier molecular flexibility index (Phi) is 5.62. The molecule has 0 aromatic carbocycles. The van der Waals surface area contributed by atoms with Crippen LogP contribution in [0.25, 0.3) is 0 Å². The van der Waals surface area contributed by atoms with E-state index in [9.17, 15) is 0 Å². The van der Waals surface area contributed by atoms with Crippen molar-refractivity contribution < 1.29 is 0 Å². The molecule has 1 aliphatic heterocycles. The van der Waals surface area contributed by atoms with Crippen LogP contribution in [0.15, 0.2) is 0 Å². The Morgan fingerprint density at radius 2 is 1.87 bits per heavy atom. The normalized spacial score (nSPS) is 24.0. The van der Waals surface area contributed by atoms with Gasteiger partial charge in [-0.05, 0) is 51.2 Å². The van der Waals surface area contributed by atoms with Gasteiger partial charge in [0.25, 0.3) is 0 Å². The maximum absolute atomic E-state index is 5.73. The molecule has 0 aromatic rings. The quantitative estimate of drug-likeness (QED) is 0.758. The minimum absolute atomic E-state index is 0.632. The van der Waals surface area contributed by atoms with E-state index in [1.807, 2.05) is 0 Å². The first-order chi connectivity index (χ1) is 7.19. The van der Waals surface area contributed by atoms with Gasteiger partial charge in [-0.1, -0.05) is 26.7 Å². The van der Waals surface area contributed by atoms with Crippen molar-refractivity contribution in [3.05, 3.63) is 0 Å². The number of nitrogens with two attached hydrogens (primary N) is 1. The molecule has 0 amide bonds. The molecule has 1 fully saturated rings. The summed E-state index contributed by atoms with van der Waals surface area (Å²) in [4.78, 5) is 2.63. The third-order valence-electron chi connectivity index (χ3n) is 4.12. The first-order valence-corrected chi connectivity index (χ1v) is 6.63. The minimum Gasteiger partial charge on any atom is -0.330 e. The molecule has 0 bridgehead atoms. The lowest BCUT2D eigenvalue weighted by Gasteiger charge is -2.38. The van der Waals surface area contributed by atoms with E-state index in [4.69, 9.17) is 5.73 Å².